The first-order valence-electron chi connectivity index (χ1n) is 18.0. The first-order chi connectivity index (χ1) is 29.3. The largest absolute Gasteiger partial charge is 0.505 e. The average molecular weight is 877 g/mol. The van der Waals surface area contributed by atoms with E-state index >= 15 is 0 Å². The average Bonchev–Trinajstić information content (AvgIpc) is 3.63. The van der Waals surface area contributed by atoms with Gasteiger partial charge in [0.2, 0.25) is 6.41 Å². The minimum Gasteiger partial charge on any atom is -0.505 e. The molecule has 0 aliphatic carbocycles. The topological polar surface area (TPSA) is 300 Å². The highest BCUT2D eigenvalue weighted by atomic mass is 32.2. The molecule has 0 aliphatic rings. The molecule has 0 saturated heterocycles. The Labute approximate surface area is 351 Å². The van der Waals surface area contributed by atoms with Crippen LogP contribution < -0.4 is 5.32 Å². The van der Waals surface area contributed by atoms with Gasteiger partial charge in [-0.3, -0.25) is 13.9 Å². The molecule has 0 atom stereocenters. The number of aromatic nitrogens is 3. The maximum absolute atomic E-state index is 12.4. The van der Waals surface area contributed by atoms with Crippen LogP contribution in [0.25, 0.3) is 27.5 Å². The Hall–Kier alpha value is -7.66. The summed E-state index contributed by atoms with van der Waals surface area (Å²) in [6, 6.07) is 20.4. The fourth-order valence-electron chi connectivity index (χ4n) is 6.28. The molecule has 0 radical (unpaired) electrons. The van der Waals surface area contributed by atoms with E-state index in [4.69, 9.17) is 0 Å². The van der Waals surface area contributed by atoms with Crippen molar-refractivity contribution in [1.29, 1.82) is 0 Å². The number of hydrogen-bond donors (Lipinski definition) is 5. The van der Waals surface area contributed by atoms with Crippen molar-refractivity contribution in [2.75, 3.05) is 5.32 Å². The number of carbonyl (C=O) groups is 2. The van der Waals surface area contributed by atoms with Crippen molar-refractivity contribution in [2.45, 2.75) is 37.5 Å². The summed E-state index contributed by atoms with van der Waals surface area (Å²) in [7, 11) is -9.70. The van der Waals surface area contributed by atoms with Crippen LogP contribution in [0, 0.1) is 27.7 Å². The van der Waals surface area contributed by atoms with Crippen LogP contribution in [0.3, 0.4) is 0 Å². The van der Waals surface area contributed by atoms with Crippen molar-refractivity contribution in [3.8, 4) is 11.4 Å². The number of azo groups is 3. The summed E-state index contributed by atoms with van der Waals surface area (Å²) in [6.45, 7) is 6.92. The van der Waals surface area contributed by atoms with Crippen LogP contribution in [-0.2, 0) is 25.0 Å². The monoisotopic (exact) mass is 876 g/mol. The van der Waals surface area contributed by atoms with Gasteiger partial charge < -0.3 is 15.5 Å². The van der Waals surface area contributed by atoms with Crippen molar-refractivity contribution in [3.05, 3.63) is 113 Å². The second-order valence-electron chi connectivity index (χ2n) is 13.8. The number of benzene rings is 6. The highest BCUT2D eigenvalue weighted by Crippen LogP contribution is 2.43. The van der Waals surface area contributed by atoms with Gasteiger partial charge in [0.25, 0.3) is 20.2 Å². The molecule has 0 unspecified atom stereocenters. The molecule has 7 aromatic rings. The highest BCUT2D eigenvalue weighted by molar-refractivity contribution is 7.86. The lowest BCUT2D eigenvalue weighted by Crippen LogP contribution is -2.07. The van der Waals surface area contributed by atoms with Gasteiger partial charge in [-0.15, -0.1) is 25.2 Å². The van der Waals surface area contributed by atoms with Crippen LogP contribution in [0.4, 0.5) is 39.8 Å². The molecule has 20 nitrogen and oxygen atoms in total. The Bertz CT molecular complexity index is 3350. The van der Waals surface area contributed by atoms with Gasteiger partial charge in [-0.2, -0.15) is 37.3 Å². The number of para-hydroxylation sites is 1. The number of fused-ring (bicyclic) bond motifs is 2. The minimum absolute atomic E-state index is 0.0456. The van der Waals surface area contributed by atoms with E-state index in [2.05, 4.69) is 46.2 Å². The van der Waals surface area contributed by atoms with Gasteiger partial charge in [0.1, 0.15) is 37.9 Å². The summed E-state index contributed by atoms with van der Waals surface area (Å²) in [5, 5.41) is 57.4. The summed E-state index contributed by atoms with van der Waals surface area (Å²) < 4.78 is 69.4. The number of rotatable bonds is 12. The molecule has 7 rings (SSSR count). The van der Waals surface area contributed by atoms with E-state index in [0.717, 1.165) is 16.9 Å². The quantitative estimate of drug-likeness (QED) is 0.0435. The second kappa shape index (κ2) is 16.4. The summed E-state index contributed by atoms with van der Waals surface area (Å²) in [5.41, 5.74) is 3.79. The molecule has 1 aromatic heterocycles. The highest BCUT2D eigenvalue weighted by Gasteiger charge is 2.23. The molecule has 5 N–H and O–H groups in total. The number of nitrogens with one attached hydrogen (secondary N) is 1. The number of anilines is 1. The Kier molecular flexibility index (Phi) is 11.2. The van der Waals surface area contributed by atoms with Crippen LogP contribution in [-0.4, -0.2) is 63.5 Å². The van der Waals surface area contributed by atoms with Gasteiger partial charge in [0.05, 0.1) is 28.3 Å². The van der Waals surface area contributed by atoms with E-state index in [-0.39, 0.29) is 38.7 Å². The van der Waals surface area contributed by atoms with Gasteiger partial charge >= 0.3 is 5.97 Å². The van der Waals surface area contributed by atoms with Crippen molar-refractivity contribution >= 4 is 94.2 Å². The SMILES string of the molecule is Cc1cc(/N=N\c2cc3nn(-c4ccccc4C(=O)O)nc3cc2S(=O)(=O)O)c(C)cc1/N=N\c1cc(C)c(/N=N\c2c(S(=O)(=O)O)cc3cc(NC=O)ccc3c2O)cc1C. The summed E-state index contributed by atoms with van der Waals surface area (Å²) in [6.07, 6.45) is 0.435. The number of hydrogen-bond acceptors (Lipinski definition) is 15. The predicted molar refractivity (Wildman–Crippen MR) is 225 cm³/mol. The Balaban J connectivity index is 1.15. The minimum atomic E-state index is -4.88. The number of aryl methyl sites for hydroxylation is 4. The third-order valence-corrected chi connectivity index (χ3v) is 11.2. The first-order valence-corrected chi connectivity index (χ1v) is 20.9. The van der Waals surface area contributed by atoms with E-state index < -0.39 is 47.4 Å². The molecule has 314 valence electrons. The molecule has 1 amide bonds. The number of carbonyl (C=O) groups excluding carboxylic acids is 1. The lowest BCUT2D eigenvalue weighted by Gasteiger charge is -2.10. The van der Waals surface area contributed by atoms with Crippen LogP contribution in [0.5, 0.6) is 5.75 Å². The number of carboxylic acids is 1. The normalized spacial score (nSPS) is 12.4. The maximum Gasteiger partial charge on any atom is 0.337 e. The molecule has 0 spiro atoms. The number of aromatic carboxylic acids is 1. The molecule has 0 saturated carbocycles. The van der Waals surface area contributed by atoms with Gasteiger partial charge in [-0.05, 0) is 128 Å². The molecule has 22 heteroatoms. The van der Waals surface area contributed by atoms with Crippen molar-refractivity contribution in [2.24, 2.45) is 30.7 Å². The third-order valence-electron chi connectivity index (χ3n) is 9.46. The second-order valence-corrected chi connectivity index (χ2v) is 16.6. The van der Waals surface area contributed by atoms with E-state index in [1.54, 1.807) is 58.0 Å². The zero-order chi connectivity index (χ0) is 44.7. The van der Waals surface area contributed by atoms with Gasteiger partial charge in [-0.25, -0.2) is 4.79 Å². The Morgan fingerprint density at radius 3 is 1.66 bits per heavy atom. The summed E-state index contributed by atoms with van der Waals surface area (Å²) in [4.78, 5) is 22.4. The molecule has 0 bridgehead atoms. The number of carboxylic acid groups (broad SMARTS) is 1. The number of amides is 1. The van der Waals surface area contributed by atoms with Crippen molar-refractivity contribution < 1.29 is 45.7 Å². The van der Waals surface area contributed by atoms with Gasteiger partial charge in [0.15, 0.2) is 5.75 Å². The van der Waals surface area contributed by atoms with Gasteiger partial charge in [0, 0.05) is 11.1 Å². The molecule has 0 fully saturated rings. The molecular weight excluding hydrogens is 845 g/mol. The lowest BCUT2D eigenvalue weighted by atomic mass is 10.1. The van der Waals surface area contributed by atoms with Crippen molar-refractivity contribution in [3.63, 3.8) is 0 Å². The fourth-order valence-corrected chi connectivity index (χ4v) is 7.56. The smallest absolute Gasteiger partial charge is 0.337 e. The maximum atomic E-state index is 12.4. The Morgan fingerprint density at radius 1 is 0.645 bits per heavy atom. The van der Waals surface area contributed by atoms with Crippen LogP contribution in [0.1, 0.15) is 32.6 Å². The standard InChI is InChI=1S/C40H32N10O10S2/c1-20-12-30(44-46-34-17-32-33(18-36(34)61(55,56)57)49-50(48-32)35-8-6-5-7-27(35)40(53)54)21(2)11-28(20)42-43-29-13-23(4)31(14-22(29)3)45-47-38-37(62(58,59)60)16-24-15-25(41-19-51)9-10-26(24)39(38)52/h5-19,52H,1-4H3,(H,41,51)(H,53,54)(H,55,56,57)(H,58,59,60)/b43-42-,46-44-,47-45-. The van der Waals surface area contributed by atoms with Crippen LogP contribution in [0.2, 0.25) is 0 Å². The first kappa shape index (κ1) is 42.5. The van der Waals surface area contributed by atoms with E-state index in [1.165, 1.54) is 42.5 Å². The zero-order valence-electron chi connectivity index (χ0n) is 32.7. The van der Waals surface area contributed by atoms with E-state index in [9.17, 15) is 45.7 Å². The predicted octanol–water partition coefficient (Wildman–Crippen LogP) is 9.52. The fraction of sp³-hybridized carbons (Fsp3) is 0.100. The van der Waals surface area contributed by atoms with E-state index in [0.29, 0.717) is 57.1 Å². The van der Waals surface area contributed by atoms with Gasteiger partial charge in [-0.1, -0.05) is 12.1 Å². The number of phenols is 1. The molecular formula is C40H32N10O10S2. The molecule has 62 heavy (non-hydrogen) atoms. The molecule has 6 aromatic carbocycles. The Morgan fingerprint density at radius 2 is 1.15 bits per heavy atom. The third kappa shape index (κ3) is 8.64. The summed E-state index contributed by atoms with van der Waals surface area (Å²) in [5.74, 6) is -1.77. The number of phenolic OH excluding ortho intramolecular Hbond substituents is 1. The van der Waals surface area contributed by atoms with Crippen LogP contribution >= 0.6 is 0 Å². The van der Waals surface area contributed by atoms with Crippen LogP contribution in [0.15, 0.2) is 125 Å². The molecule has 0 aliphatic heterocycles. The molecule has 1 heterocycles. The van der Waals surface area contributed by atoms with Crippen molar-refractivity contribution in [1.82, 2.24) is 15.0 Å². The number of nitrogens with zero attached hydrogens (tertiary/aromatic N) is 9. The summed E-state index contributed by atoms with van der Waals surface area (Å²) >= 11 is 0. The van der Waals surface area contributed by atoms with E-state index in [1.807, 2.05) is 0 Å². The zero-order valence-corrected chi connectivity index (χ0v) is 34.4. The lowest BCUT2D eigenvalue weighted by molar-refractivity contribution is -0.105. The number of aromatic hydroxyl groups is 1.